The van der Waals surface area contributed by atoms with E-state index in [1.54, 1.807) is 0 Å². The van der Waals surface area contributed by atoms with Gasteiger partial charge in [0, 0.05) is 4.47 Å². The van der Waals surface area contributed by atoms with Crippen LogP contribution < -0.4 is 0 Å². The number of hydrogen-bond acceptors (Lipinski definition) is 1. The van der Waals surface area contributed by atoms with Gasteiger partial charge in [-0.15, -0.1) is 0 Å². The Balaban J connectivity index is 2.00. The predicted octanol–water partition coefficient (Wildman–Crippen LogP) is 4.35. The molecule has 2 rings (SSSR count). The summed E-state index contributed by atoms with van der Waals surface area (Å²) >= 11 is 3.45. The minimum atomic E-state index is -0.225. The molecule has 0 fully saturated rings. The van der Waals surface area contributed by atoms with Crippen LogP contribution in [0.2, 0.25) is 0 Å². The molecule has 2 aromatic carbocycles. The normalized spacial score (nSPS) is 12.4. The topological polar surface area (TPSA) is 20.2 Å². The Morgan fingerprint density at radius 2 is 1.37 bits per heavy atom. The zero-order valence-electron chi connectivity index (χ0n) is 11.1. The van der Waals surface area contributed by atoms with Crippen LogP contribution in [0.15, 0.2) is 53.0 Å². The third-order valence-electron chi connectivity index (χ3n) is 3.29. The van der Waals surface area contributed by atoms with Crippen molar-refractivity contribution in [2.24, 2.45) is 0 Å². The maximum absolute atomic E-state index is 9.64. The highest BCUT2D eigenvalue weighted by Gasteiger charge is 2.03. The largest absolute Gasteiger partial charge is 0.393 e. The van der Waals surface area contributed by atoms with Crippen LogP contribution in [-0.2, 0) is 12.8 Å². The SMILES string of the molecule is CCC(O)Cc1ccc(Cc2ccc(Br)cc2)cc1. The molecule has 0 spiro atoms. The fourth-order valence-electron chi connectivity index (χ4n) is 2.05. The first kappa shape index (κ1) is 14.3. The van der Waals surface area contributed by atoms with Gasteiger partial charge in [0.05, 0.1) is 6.10 Å². The molecule has 0 aliphatic heterocycles. The molecule has 0 radical (unpaired) electrons. The van der Waals surface area contributed by atoms with E-state index in [1.165, 1.54) is 16.7 Å². The average molecular weight is 319 g/mol. The molecule has 0 heterocycles. The first-order valence-corrected chi connectivity index (χ1v) is 7.47. The number of rotatable bonds is 5. The van der Waals surface area contributed by atoms with Crippen LogP contribution in [0.3, 0.4) is 0 Å². The van der Waals surface area contributed by atoms with Crippen molar-refractivity contribution in [3.05, 3.63) is 69.7 Å². The summed E-state index contributed by atoms with van der Waals surface area (Å²) in [6.45, 7) is 2.01. The van der Waals surface area contributed by atoms with Gasteiger partial charge < -0.3 is 5.11 Å². The first-order valence-electron chi connectivity index (χ1n) is 6.67. The molecular formula is C17H19BrO. The lowest BCUT2D eigenvalue weighted by Crippen LogP contribution is -2.08. The zero-order valence-corrected chi connectivity index (χ0v) is 12.7. The molecule has 2 heteroatoms. The third-order valence-corrected chi connectivity index (χ3v) is 3.82. The Bertz CT molecular complexity index is 502. The summed E-state index contributed by atoms with van der Waals surface area (Å²) in [7, 11) is 0. The van der Waals surface area contributed by atoms with E-state index in [2.05, 4.69) is 64.5 Å². The highest BCUT2D eigenvalue weighted by molar-refractivity contribution is 9.10. The molecule has 0 aromatic heterocycles. The van der Waals surface area contributed by atoms with E-state index >= 15 is 0 Å². The van der Waals surface area contributed by atoms with Gasteiger partial charge in [0.2, 0.25) is 0 Å². The zero-order chi connectivity index (χ0) is 13.7. The number of hydrogen-bond donors (Lipinski definition) is 1. The van der Waals surface area contributed by atoms with Gasteiger partial charge in [-0.3, -0.25) is 0 Å². The van der Waals surface area contributed by atoms with Crippen LogP contribution in [0, 0.1) is 0 Å². The lowest BCUT2D eigenvalue weighted by atomic mass is 10.0. The van der Waals surface area contributed by atoms with Gasteiger partial charge in [0.25, 0.3) is 0 Å². The van der Waals surface area contributed by atoms with Crippen LogP contribution in [0.25, 0.3) is 0 Å². The fourth-order valence-corrected chi connectivity index (χ4v) is 2.31. The minimum Gasteiger partial charge on any atom is -0.393 e. The van der Waals surface area contributed by atoms with E-state index in [0.29, 0.717) is 0 Å². The first-order chi connectivity index (χ1) is 9.17. The van der Waals surface area contributed by atoms with E-state index in [9.17, 15) is 5.11 Å². The van der Waals surface area contributed by atoms with E-state index in [4.69, 9.17) is 0 Å². The fraction of sp³-hybridized carbons (Fsp3) is 0.294. The Hall–Kier alpha value is -1.12. The molecule has 0 bridgehead atoms. The Labute approximate surface area is 123 Å². The van der Waals surface area contributed by atoms with Crippen molar-refractivity contribution in [1.29, 1.82) is 0 Å². The monoisotopic (exact) mass is 318 g/mol. The van der Waals surface area contributed by atoms with Crippen molar-refractivity contribution in [3.8, 4) is 0 Å². The summed E-state index contributed by atoms with van der Waals surface area (Å²) in [5.41, 5.74) is 3.82. The molecule has 0 amide bonds. The van der Waals surface area contributed by atoms with Crippen molar-refractivity contribution >= 4 is 15.9 Å². The molecule has 100 valence electrons. The van der Waals surface area contributed by atoms with Crippen molar-refractivity contribution in [2.75, 3.05) is 0 Å². The third kappa shape index (κ3) is 4.48. The Morgan fingerprint density at radius 1 is 0.895 bits per heavy atom. The number of benzene rings is 2. The molecule has 2 aromatic rings. The van der Waals surface area contributed by atoms with Crippen LogP contribution in [0.5, 0.6) is 0 Å². The summed E-state index contributed by atoms with van der Waals surface area (Å²) in [5.74, 6) is 0. The lowest BCUT2D eigenvalue weighted by Gasteiger charge is -2.08. The molecule has 19 heavy (non-hydrogen) atoms. The summed E-state index contributed by atoms with van der Waals surface area (Å²) in [6.07, 6.45) is 2.27. The van der Waals surface area contributed by atoms with Crippen molar-refractivity contribution < 1.29 is 5.11 Å². The molecule has 1 N–H and O–H groups in total. The lowest BCUT2D eigenvalue weighted by molar-refractivity contribution is 0.171. The number of halogens is 1. The van der Waals surface area contributed by atoms with Crippen molar-refractivity contribution in [2.45, 2.75) is 32.3 Å². The second-order valence-electron chi connectivity index (χ2n) is 4.89. The maximum Gasteiger partial charge on any atom is 0.0577 e. The summed E-state index contributed by atoms with van der Waals surface area (Å²) < 4.78 is 1.11. The van der Waals surface area contributed by atoms with E-state index < -0.39 is 0 Å². The van der Waals surface area contributed by atoms with E-state index in [1.807, 2.05) is 6.92 Å². The van der Waals surface area contributed by atoms with Crippen LogP contribution in [-0.4, -0.2) is 11.2 Å². The van der Waals surface area contributed by atoms with Crippen LogP contribution in [0.1, 0.15) is 30.0 Å². The smallest absolute Gasteiger partial charge is 0.0577 e. The number of aliphatic hydroxyl groups is 1. The second-order valence-corrected chi connectivity index (χ2v) is 5.80. The van der Waals surface area contributed by atoms with Crippen molar-refractivity contribution in [1.82, 2.24) is 0 Å². The van der Waals surface area contributed by atoms with Gasteiger partial charge in [-0.2, -0.15) is 0 Å². The highest BCUT2D eigenvalue weighted by Crippen LogP contribution is 2.15. The van der Waals surface area contributed by atoms with Gasteiger partial charge in [-0.1, -0.05) is 59.3 Å². The minimum absolute atomic E-state index is 0.225. The van der Waals surface area contributed by atoms with Crippen LogP contribution in [0.4, 0.5) is 0 Å². The molecule has 0 aliphatic rings. The Morgan fingerprint density at radius 3 is 1.89 bits per heavy atom. The number of aliphatic hydroxyl groups excluding tert-OH is 1. The maximum atomic E-state index is 9.64. The summed E-state index contributed by atoms with van der Waals surface area (Å²) in [5, 5.41) is 9.64. The Kier molecular flexibility index (Phi) is 5.17. The second kappa shape index (κ2) is 6.88. The van der Waals surface area contributed by atoms with Crippen LogP contribution >= 0.6 is 15.9 Å². The average Bonchev–Trinajstić information content (AvgIpc) is 2.43. The molecular weight excluding hydrogens is 300 g/mol. The predicted molar refractivity (Wildman–Crippen MR) is 83.4 cm³/mol. The van der Waals surface area contributed by atoms with E-state index in [-0.39, 0.29) is 6.10 Å². The standard InChI is InChI=1S/C17H19BrO/c1-2-17(19)12-15-5-3-13(4-6-15)11-14-7-9-16(18)10-8-14/h3-10,17,19H,2,11-12H2,1H3. The van der Waals surface area contributed by atoms with Crippen molar-refractivity contribution in [3.63, 3.8) is 0 Å². The van der Waals surface area contributed by atoms with E-state index in [0.717, 1.165) is 23.7 Å². The highest BCUT2D eigenvalue weighted by atomic mass is 79.9. The quantitative estimate of drug-likeness (QED) is 0.868. The van der Waals surface area contributed by atoms with Gasteiger partial charge in [-0.05, 0) is 48.1 Å². The molecule has 1 unspecified atom stereocenters. The summed E-state index contributed by atoms with van der Waals surface area (Å²) in [6, 6.07) is 17.0. The molecule has 0 aliphatic carbocycles. The van der Waals surface area contributed by atoms with Gasteiger partial charge in [0.1, 0.15) is 0 Å². The van der Waals surface area contributed by atoms with Gasteiger partial charge in [-0.25, -0.2) is 0 Å². The molecule has 0 saturated heterocycles. The summed E-state index contributed by atoms with van der Waals surface area (Å²) in [4.78, 5) is 0. The molecule has 1 atom stereocenters. The van der Waals surface area contributed by atoms with Gasteiger partial charge >= 0.3 is 0 Å². The van der Waals surface area contributed by atoms with Gasteiger partial charge in [0.15, 0.2) is 0 Å². The molecule has 0 saturated carbocycles. The molecule has 1 nitrogen and oxygen atoms in total.